The van der Waals surface area contributed by atoms with Gasteiger partial charge in [-0.25, -0.2) is 4.98 Å². The van der Waals surface area contributed by atoms with Crippen LogP contribution in [0.1, 0.15) is 13.3 Å². The lowest BCUT2D eigenvalue weighted by Crippen LogP contribution is -2.47. The summed E-state index contributed by atoms with van der Waals surface area (Å²) in [4.78, 5) is 32.7. The molecule has 0 unspecified atom stereocenters. The van der Waals surface area contributed by atoms with E-state index in [4.69, 9.17) is 15.7 Å². The standard InChI is InChI=1S/C26H30N8O2/c1-3-5-21-18(4-2)10-11-34(21)25-23-24(33(17-28-23)16-22(27)36)29-26(30-25)32-14-12-31(13-15-32)19-6-8-20(35)9-7-19/h3-9,17,35H,2,10-16H2,1H3,(H2,27,36)/b5-3-. The molecule has 1 amide bonds. The maximum absolute atomic E-state index is 11.7. The van der Waals surface area contributed by atoms with Gasteiger partial charge in [0.05, 0.1) is 6.33 Å². The van der Waals surface area contributed by atoms with Crippen molar-refractivity contribution >= 4 is 34.5 Å². The number of hydrogen-bond acceptors (Lipinski definition) is 8. The molecule has 0 aliphatic carbocycles. The predicted molar refractivity (Wildman–Crippen MR) is 141 cm³/mol. The zero-order chi connectivity index (χ0) is 25.2. The van der Waals surface area contributed by atoms with Gasteiger partial charge in [-0.15, -0.1) is 0 Å². The lowest BCUT2D eigenvalue weighted by molar-refractivity contribution is -0.118. The zero-order valence-corrected chi connectivity index (χ0v) is 20.3. The molecule has 0 atom stereocenters. The number of nitrogens with zero attached hydrogens (tertiary/aromatic N) is 7. The molecule has 186 valence electrons. The summed E-state index contributed by atoms with van der Waals surface area (Å²) in [6.45, 7) is 9.75. The van der Waals surface area contributed by atoms with Gasteiger partial charge in [0, 0.05) is 44.1 Å². The Bertz CT molecular complexity index is 1350. The first-order valence-electron chi connectivity index (χ1n) is 12.0. The van der Waals surface area contributed by atoms with Gasteiger partial charge < -0.3 is 30.1 Å². The van der Waals surface area contributed by atoms with E-state index in [9.17, 15) is 9.90 Å². The van der Waals surface area contributed by atoms with E-state index in [0.717, 1.165) is 56.1 Å². The van der Waals surface area contributed by atoms with Crippen LogP contribution < -0.4 is 20.4 Å². The molecule has 36 heavy (non-hydrogen) atoms. The van der Waals surface area contributed by atoms with E-state index in [2.05, 4.69) is 32.3 Å². The minimum Gasteiger partial charge on any atom is -0.508 e. The number of anilines is 3. The van der Waals surface area contributed by atoms with Crippen LogP contribution in [0.5, 0.6) is 5.75 Å². The molecule has 3 N–H and O–H groups in total. The topological polar surface area (TPSA) is 117 Å². The normalized spacial score (nSPS) is 16.5. The third kappa shape index (κ3) is 4.37. The fourth-order valence-electron chi connectivity index (χ4n) is 4.80. The number of carbonyl (C=O) groups excluding carboxylic acids is 1. The molecule has 0 saturated carbocycles. The first-order valence-corrected chi connectivity index (χ1v) is 12.0. The number of nitrogens with two attached hydrogens (primary N) is 1. The summed E-state index contributed by atoms with van der Waals surface area (Å²) >= 11 is 0. The van der Waals surface area contributed by atoms with Crippen LogP contribution in [0.2, 0.25) is 0 Å². The Kier molecular flexibility index (Phi) is 6.32. The number of allylic oxidation sites excluding steroid dienone is 3. The Balaban J connectivity index is 1.51. The number of phenolic OH excluding ortho intramolecular Hbond substituents is 1. The lowest BCUT2D eigenvalue weighted by Gasteiger charge is -2.36. The van der Waals surface area contributed by atoms with Crippen LogP contribution in [-0.4, -0.2) is 63.3 Å². The van der Waals surface area contributed by atoms with Crippen LogP contribution in [0, 0.1) is 0 Å². The second-order valence-corrected chi connectivity index (χ2v) is 8.86. The molecule has 1 fully saturated rings. The summed E-state index contributed by atoms with van der Waals surface area (Å²) in [5.41, 5.74) is 9.98. The number of aromatic hydroxyl groups is 1. The number of benzene rings is 1. The van der Waals surface area contributed by atoms with Crippen LogP contribution in [0.25, 0.3) is 11.2 Å². The zero-order valence-electron chi connectivity index (χ0n) is 20.3. The monoisotopic (exact) mass is 486 g/mol. The molecule has 4 heterocycles. The van der Waals surface area contributed by atoms with Gasteiger partial charge in [-0.05, 0) is 49.3 Å². The Morgan fingerprint density at radius 2 is 1.83 bits per heavy atom. The minimum atomic E-state index is -0.455. The van der Waals surface area contributed by atoms with Crippen molar-refractivity contribution in [1.29, 1.82) is 0 Å². The van der Waals surface area contributed by atoms with Crippen LogP contribution in [0.15, 0.2) is 66.7 Å². The molecule has 1 aromatic carbocycles. The highest BCUT2D eigenvalue weighted by atomic mass is 16.3. The first kappa shape index (κ1) is 23.4. The molecule has 10 heteroatoms. The number of imidazole rings is 1. The fraction of sp³-hybridized carbons (Fsp3) is 0.308. The SMILES string of the molecule is C=CC1=C(/C=C\C)N(c2nc(N3CCN(c4ccc(O)cc4)CC3)nc3c2ncn3CC(N)=O)CC1. The highest BCUT2D eigenvalue weighted by Crippen LogP contribution is 2.34. The third-order valence-electron chi connectivity index (χ3n) is 6.59. The smallest absolute Gasteiger partial charge is 0.237 e. The van der Waals surface area contributed by atoms with Crippen molar-refractivity contribution in [1.82, 2.24) is 19.5 Å². The third-order valence-corrected chi connectivity index (χ3v) is 6.59. The van der Waals surface area contributed by atoms with Crippen LogP contribution >= 0.6 is 0 Å². The van der Waals surface area contributed by atoms with Crippen molar-refractivity contribution in [2.45, 2.75) is 19.9 Å². The summed E-state index contributed by atoms with van der Waals surface area (Å²) in [5.74, 6) is 1.11. The Hall–Kier alpha value is -4.34. The quantitative estimate of drug-likeness (QED) is 0.523. The molecule has 0 radical (unpaired) electrons. The molecule has 0 spiro atoms. The van der Waals surface area contributed by atoms with Crippen LogP contribution in [0.4, 0.5) is 17.5 Å². The summed E-state index contributed by atoms with van der Waals surface area (Å²) in [5, 5.41) is 9.60. The van der Waals surface area contributed by atoms with E-state index in [1.165, 1.54) is 0 Å². The van der Waals surface area contributed by atoms with Crippen molar-refractivity contribution in [3.63, 3.8) is 0 Å². The fourth-order valence-corrected chi connectivity index (χ4v) is 4.80. The minimum absolute atomic E-state index is 0.00348. The van der Waals surface area contributed by atoms with E-state index >= 15 is 0 Å². The number of rotatable bonds is 7. The van der Waals surface area contributed by atoms with Gasteiger partial charge in [-0.1, -0.05) is 18.7 Å². The van der Waals surface area contributed by atoms with Gasteiger partial charge >= 0.3 is 0 Å². The highest BCUT2D eigenvalue weighted by molar-refractivity contribution is 5.88. The van der Waals surface area contributed by atoms with Gasteiger partial charge in [0.2, 0.25) is 11.9 Å². The number of piperazine rings is 1. The number of carbonyl (C=O) groups is 1. The van der Waals surface area contributed by atoms with Gasteiger partial charge in [-0.3, -0.25) is 4.79 Å². The Morgan fingerprint density at radius 3 is 2.50 bits per heavy atom. The summed E-state index contributed by atoms with van der Waals surface area (Å²) in [6, 6.07) is 7.25. The average molecular weight is 487 g/mol. The van der Waals surface area contributed by atoms with Crippen LogP contribution in [0.3, 0.4) is 0 Å². The number of phenols is 1. The summed E-state index contributed by atoms with van der Waals surface area (Å²) in [7, 11) is 0. The largest absolute Gasteiger partial charge is 0.508 e. The molecule has 3 aromatic rings. The lowest BCUT2D eigenvalue weighted by atomic mass is 10.2. The predicted octanol–water partition coefficient (Wildman–Crippen LogP) is 2.57. The van der Waals surface area contributed by atoms with Gasteiger partial charge in [0.15, 0.2) is 17.0 Å². The van der Waals surface area contributed by atoms with Crippen molar-refractivity contribution in [3.05, 3.63) is 66.7 Å². The molecule has 10 nitrogen and oxygen atoms in total. The number of aromatic nitrogens is 4. The number of primary amides is 1. The Labute approximate surface area is 209 Å². The van der Waals surface area contributed by atoms with E-state index < -0.39 is 5.91 Å². The van der Waals surface area contributed by atoms with Crippen molar-refractivity contribution in [2.24, 2.45) is 5.73 Å². The second kappa shape index (κ2) is 9.73. The molecule has 1 saturated heterocycles. The molecule has 2 aromatic heterocycles. The maximum Gasteiger partial charge on any atom is 0.237 e. The number of fused-ring (bicyclic) bond motifs is 1. The second-order valence-electron chi connectivity index (χ2n) is 8.86. The first-order chi connectivity index (χ1) is 17.5. The molecule has 2 aliphatic heterocycles. The van der Waals surface area contributed by atoms with E-state index in [-0.39, 0.29) is 12.3 Å². The van der Waals surface area contributed by atoms with Gasteiger partial charge in [-0.2, -0.15) is 9.97 Å². The number of amides is 1. The van der Waals surface area contributed by atoms with Crippen molar-refractivity contribution in [3.8, 4) is 5.75 Å². The Morgan fingerprint density at radius 1 is 1.11 bits per heavy atom. The summed E-state index contributed by atoms with van der Waals surface area (Å²) in [6.07, 6.45) is 8.42. The van der Waals surface area contributed by atoms with Gasteiger partial charge in [0.1, 0.15) is 12.3 Å². The van der Waals surface area contributed by atoms with E-state index in [1.54, 1.807) is 23.0 Å². The molecule has 2 aliphatic rings. The molecule has 0 bridgehead atoms. The molecule has 5 rings (SSSR count). The van der Waals surface area contributed by atoms with E-state index in [1.807, 2.05) is 31.2 Å². The van der Waals surface area contributed by atoms with Crippen molar-refractivity contribution in [2.75, 3.05) is 47.4 Å². The van der Waals surface area contributed by atoms with E-state index in [0.29, 0.717) is 22.9 Å². The summed E-state index contributed by atoms with van der Waals surface area (Å²) < 4.78 is 1.68. The number of hydrogen-bond donors (Lipinski definition) is 2. The average Bonchev–Trinajstić information content (AvgIpc) is 3.48. The maximum atomic E-state index is 11.7. The molecular weight excluding hydrogens is 456 g/mol. The van der Waals surface area contributed by atoms with Gasteiger partial charge in [0.25, 0.3) is 0 Å². The van der Waals surface area contributed by atoms with Crippen molar-refractivity contribution < 1.29 is 9.90 Å². The highest BCUT2D eigenvalue weighted by Gasteiger charge is 2.28. The molecular formula is C26H30N8O2. The van der Waals surface area contributed by atoms with Crippen LogP contribution in [-0.2, 0) is 11.3 Å².